The van der Waals surface area contributed by atoms with Crippen LogP contribution in [0.15, 0.2) is 11.1 Å². The molecule has 204 valence electrons. The molecular formula is C34H56O2. The van der Waals surface area contributed by atoms with E-state index in [0.29, 0.717) is 27.6 Å². The van der Waals surface area contributed by atoms with Gasteiger partial charge in [-0.3, -0.25) is 4.79 Å². The smallest absolute Gasteiger partial charge is 0.302 e. The maximum Gasteiger partial charge on any atom is 0.302 e. The number of hydrogen-bond acceptors (Lipinski definition) is 2. The summed E-state index contributed by atoms with van der Waals surface area (Å²) in [6.45, 7) is 24.7. The van der Waals surface area contributed by atoms with E-state index in [1.807, 2.05) is 11.1 Å². The fourth-order valence-electron chi connectivity index (χ4n) is 11.2. The summed E-state index contributed by atoms with van der Waals surface area (Å²) in [6.07, 6.45) is 14.5. The van der Waals surface area contributed by atoms with Gasteiger partial charge in [0, 0.05) is 12.3 Å². The number of ether oxygens (including phenoxy) is 1. The van der Waals surface area contributed by atoms with Gasteiger partial charge in [-0.25, -0.2) is 0 Å². The Morgan fingerprint density at radius 1 is 0.806 bits per heavy atom. The Bertz CT molecular complexity index is 958. The Labute approximate surface area is 222 Å². The molecule has 0 saturated heterocycles. The van der Waals surface area contributed by atoms with Crippen molar-refractivity contribution < 1.29 is 9.53 Å². The molecule has 0 N–H and O–H groups in total. The van der Waals surface area contributed by atoms with Gasteiger partial charge in [0.05, 0.1) is 0 Å². The minimum atomic E-state index is -0.112. The van der Waals surface area contributed by atoms with Crippen LogP contribution in [-0.4, -0.2) is 12.1 Å². The first-order valence-corrected chi connectivity index (χ1v) is 15.4. The summed E-state index contributed by atoms with van der Waals surface area (Å²) in [5.41, 5.74) is 5.78. The number of carbonyl (C=O) groups excluding carboxylic acids is 1. The monoisotopic (exact) mass is 496 g/mol. The lowest BCUT2D eigenvalue weighted by Crippen LogP contribution is -2.61. The Morgan fingerprint density at radius 2 is 1.47 bits per heavy atom. The van der Waals surface area contributed by atoms with Crippen LogP contribution in [0.2, 0.25) is 0 Å². The van der Waals surface area contributed by atoms with Gasteiger partial charge in [-0.2, -0.15) is 0 Å². The Balaban J connectivity index is 1.54. The predicted octanol–water partition coefficient (Wildman–Crippen LogP) is 9.52. The fourth-order valence-corrected chi connectivity index (χ4v) is 11.2. The van der Waals surface area contributed by atoms with Crippen molar-refractivity contribution in [2.24, 2.45) is 50.2 Å². The lowest BCUT2D eigenvalue weighted by molar-refractivity contribution is -0.172. The second-order valence-corrected chi connectivity index (χ2v) is 16.4. The van der Waals surface area contributed by atoms with Crippen molar-refractivity contribution in [1.82, 2.24) is 0 Å². The van der Waals surface area contributed by atoms with Crippen LogP contribution in [0.5, 0.6) is 0 Å². The highest BCUT2D eigenvalue weighted by molar-refractivity contribution is 5.66. The standard InChI is InChI=1S/C34H56O2/c1-22(2)31(7)18-17-30(6)19-20-33(9)25-11-12-26-29(4,5)28(36-23(3)35)14-15-32(26,8)24(25)13-16-34(33,10)27(30)21-31/h22,26-28H,11-21H2,1-10H3/t26-,27+,28-,30+,31+,32+,33+,34-/m0/s1. The first kappa shape index (κ1) is 26.8. The third kappa shape index (κ3) is 3.43. The Kier molecular flexibility index (Phi) is 6.04. The average molecular weight is 497 g/mol. The molecule has 8 atom stereocenters. The second-order valence-electron chi connectivity index (χ2n) is 16.4. The first-order valence-electron chi connectivity index (χ1n) is 15.4. The molecule has 0 radical (unpaired) electrons. The molecule has 0 aromatic heterocycles. The molecule has 2 nitrogen and oxygen atoms in total. The molecule has 3 saturated carbocycles. The second kappa shape index (κ2) is 8.11. The van der Waals surface area contributed by atoms with Gasteiger partial charge in [0.2, 0.25) is 0 Å². The van der Waals surface area contributed by atoms with Gasteiger partial charge in [0.25, 0.3) is 0 Å². The van der Waals surface area contributed by atoms with Crippen LogP contribution in [0, 0.1) is 50.2 Å². The number of esters is 1. The predicted molar refractivity (Wildman–Crippen MR) is 150 cm³/mol. The third-order valence-corrected chi connectivity index (χ3v) is 14.4. The highest BCUT2D eigenvalue weighted by Gasteiger charge is 2.66. The lowest BCUT2D eigenvalue weighted by Gasteiger charge is -2.70. The van der Waals surface area contributed by atoms with Crippen LogP contribution >= 0.6 is 0 Å². The van der Waals surface area contributed by atoms with Crippen molar-refractivity contribution in [1.29, 1.82) is 0 Å². The van der Waals surface area contributed by atoms with E-state index in [2.05, 4.69) is 62.3 Å². The lowest BCUT2D eigenvalue weighted by atomic mass is 9.35. The zero-order valence-electron chi connectivity index (χ0n) is 25.4. The van der Waals surface area contributed by atoms with Crippen LogP contribution in [-0.2, 0) is 9.53 Å². The van der Waals surface area contributed by atoms with Crippen LogP contribution < -0.4 is 0 Å². The quantitative estimate of drug-likeness (QED) is 0.281. The van der Waals surface area contributed by atoms with Crippen molar-refractivity contribution in [3.05, 3.63) is 11.1 Å². The number of carbonyl (C=O) groups is 1. The Morgan fingerprint density at radius 3 is 2.11 bits per heavy atom. The molecule has 2 heteroatoms. The van der Waals surface area contributed by atoms with Gasteiger partial charge >= 0.3 is 5.97 Å². The van der Waals surface area contributed by atoms with Crippen molar-refractivity contribution in [3.63, 3.8) is 0 Å². The van der Waals surface area contributed by atoms with Gasteiger partial charge in [-0.15, -0.1) is 0 Å². The summed E-state index contributed by atoms with van der Waals surface area (Å²) < 4.78 is 5.91. The highest BCUT2D eigenvalue weighted by Crippen LogP contribution is 2.75. The maximum atomic E-state index is 11.9. The average Bonchev–Trinajstić information content (AvgIpc) is 2.78. The van der Waals surface area contributed by atoms with E-state index >= 15 is 0 Å². The molecule has 0 aromatic rings. The number of rotatable bonds is 2. The van der Waals surface area contributed by atoms with Gasteiger partial charge < -0.3 is 4.74 Å². The van der Waals surface area contributed by atoms with Crippen LogP contribution in [0.3, 0.4) is 0 Å². The van der Waals surface area contributed by atoms with Gasteiger partial charge in [0.15, 0.2) is 0 Å². The highest BCUT2D eigenvalue weighted by atomic mass is 16.5. The summed E-state index contributed by atoms with van der Waals surface area (Å²) >= 11 is 0. The van der Waals surface area contributed by atoms with E-state index in [9.17, 15) is 4.79 Å². The van der Waals surface area contributed by atoms with Crippen LogP contribution in [0.25, 0.3) is 0 Å². The van der Waals surface area contributed by atoms with Gasteiger partial charge in [0.1, 0.15) is 6.10 Å². The number of allylic oxidation sites excluding steroid dienone is 2. The normalized spacial score (nSPS) is 50.0. The molecule has 36 heavy (non-hydrogen) atoms. The third-order valence-electron chi connectivity index (χ3n) is 14.4. The van der Waals surface area contributed by atoms with E-state index in [-0.39, 0.29) is 22.9 Å². The van der Waals surface area contributed by atoms with Gasteiger partial charge in [-0.1, -0.05) is 73.5 Å². The largest absolute Gasteiger partial charge is 0.462 e. The molecule has 5 aliphatic rings. The van der Waals surface area contributed by atoms with Crippen molar-refractivity contribution >= 4 is 5.97 Å². The minimum Gasteiger partial charge on any atom is -0.462 e. The molecule has 0 spiro atoms. The van der Waals surface area contributed by atoms with E-state index in [1.165, 1.54) is 64.2 Å². The van der Waals surface area contributed by atoms with E-state index in [1.54, 1.807) is 6.92 Å². The molecule has 5 aliphatic carbocycles. The van der Waals surface area contributed by atoms with Crippen molar-refractivity contribution in [3.8, 4) is 0 Å². The topological polar surface area (TPSA) is 26.3 Å². The van der Waals surface area contributed by atoms with E-state index in [4.69, 9.17) is 4.74 Å². The summed E-state index contributed by atoms with van der Waals surface area (Å²) in [7, 11) is 0. The molecule has 0 heterocycles. The molecule has 3 fully saturated rings. The van der Waals surface area contributed by atoms with Crippen LogP contribution in [0.1, 0.15) is 140 Å². The molecular weight excluding hydrogens is 440 g/mol. The summed E-state index contributed by atoms with van der Waals surface area (Å²) in [5, 5.41) is 0. The molecule has 0 aromatic carbocycles. The van der Waals surface area contributed by atoms with Crippen LogP contribution in [0.4, 0.5) is 0 Å². The first-order chi connectivity index (χ1) is 16.5. The molecule has 0 amide bonds. The molecule has 0 unspecified atom stereocenters. The maximum absolute atomic E-state index is 11.9. The van der Waals surface area contributed by atoms with Crippen molar-refractivity contribution in [2.45, 2.75) is 146 Å². The number of fused-ring (bicyclic) bond motifs is 6. The van der Waals surface area contributed by atoms with E-state index < -0.39 is 0 Å². The number of hydrogen-bond donors (Lipinski definition) is 0. The zero-order chi connectivity index (χ0) is 26.5. The van der Waals surface area contributed by atoms with Gasteiger partial charge in [-0.05, 0) is 115 Å². The summed E-state index contributed by atoms with van der Waals surface area (Å²) in [5.74, 6) is 2.09. The van der Waals surface area contributed by atoms with Crippen molar-refractivity contribution in [2.75, 3.05) is 0 Å². The molecule has 0 aliphatic heterocycles. The Hall–Kier alpha value is -0.790. The summed E-state index contributed by atoms with van der Waals surface area (Å²) in [6, 6.07) is 0. The minimum absolute atomic E-state index is 0.0342. The SMILES string of the molecule is CC(=O)O[C@H]1CC[C@]2(C)C3=C(CC[C@H]2C1(C)C)[C@@]1(C)CC[C@@]2(C)CC[C@@](C)(C(C)C)C[C@H]2[C@]1(C)CC3. The van der Waals surface area contributed by atoms with E-state index in [0.717, 1.165) is 18.3 Å². The molecule has 0 bridgehead atoms. The fraction of sp³-hybridized carbons (Fsp3) is 0.912. The zero-order valence-corrected chi connectivity index (χ0v) is 25.4. The summed E-state index contributed by atoms with van der Waals surface area (Å²) in [4.78, 5) is 11.9. The molecule has 5 rings (SSSR count).